The lowest BCUT2D eigenvalue weighted by Gasteiger charge is -2.32. The van der Waals surface area contributed by atoms with Crippen LogP contribution >= 0.6 is 15.9 Å². The lowest BCUT2D eigenvalue weighted by atomic mass is 10.1. The van der Waals surface area contributed by atoms with Crippen molar-refractivity contribution >= 4 is 21.7 Å². The molecule has 0 saturated carbocycles. The summed E-state index contributed by atoms with van der Waals surface area (Å²) in [6.07, 6.45) is 1.07. The molecular formula is C14H23BrN4O. The molecule has 1 aromatic rings. The second-order valence-corrected chi connectivity index (χ2v) is 6.27. The van der Waals surface area contributed by atoms with Crippen LogP contribution in [-0.2, 0) is 4.74 Å². The number of nitrogens with two attached hydrogens (primary N) is 1. The number of anilines is 1. The summed E-state index contributed by atoms with van der Waals surface area (Å²) < 4.78 is 6.64. The topological polar surface area (TPSA) is 64.3 Å². The Hall–Kier alpha value is -0.720. The van der Waals surface area contributed by atoms with Gasteiger partial charge in [0.25, 0.3) is 0 Å². The maximum Gasteiger partial charge on any atom is 0.161 e. The molecule has 0 radical (unpaired) electrons. The first-order valence-electron chi connectivity index (χ1n) is 7.19. The van der Waals surface area contributed by atoms with Crippen LogP contribution in [0.2, 0.25) is 0 Å². The molecule has 2 N–H and O–H groups in total. The van der Waals surface area contributed by atoms with Crippen molar-refractivity contribution in [2.45, 2.75) is 39.2 Å². The summed E-state index contributed by atoms with van der Waals surface area (Å²) in [5.41, 5.74) is 6.94. The van der Waals surface area contributed by atoms with Crippen LogP contribution in [0.15, 0.2) is 4.47 Å². The monoisotopic (exact) mass is 342 g/mol. The molecule has 112 valence electrons. The van der Waals surface area contributed by atoms with Crippen molar-refractivity contribution in [1.82, 2.24) is 14.9 Å². The van der Waals surface area contributed by atoms with E-state index >= 15 is 0 Å². The summed E-state index contributed by atoms with van der Waals surface area (Å²) in [5.74, 6) is 1.49. The maximum absolute atomic E-state index is 5.99. The van der Waals surface area contributed by atoms with Crippen molar-refractivity contribution in [3.8, 4) is 0 Å². The summed E-state index contributed by atoms with van der Waals surface area (Å²) in [6, 6.07) is 0. The van der Waals surface area contributed by atoms with Gasteiger partial charge in [-0.15, -0.1) is 0 Å². The van der Waals surface area contributed by atoms with E-state index < -0.39 is 0 Å². The molecule has 1 aromatic heterocycles. The molecule has 1 atom stereocenters. The lowest BCUT2D eigenvalue weighted by Crippen LogP contribution is -2.39. The third-order valence-corrected chi connectivity index (χ3v) is 4.26. The van der Waals surface area contributed by atoms with Crippen LogP contribution in [0.25, 0.3) is 0 Å². The van der Waals surface area contributed by atoms with Gasteiger partial charge in [0.1, 0.15) is 11.9 Å². The van der Waals surface area contributed by atoms with Crippen LogP contribution < -0.4 is 5.73 Å². The molecule has 2 rings (SSSR count). The minimum absolute atomic E-state index is 0.0804. The molecule has 2 heterocycles. The van der Waals surface area contributed by atoms with Crippen LogP contribution in [0.3, 0.4) is 0 Å². The number of hydrogen-bond acceptors (Lipinski definition) is 5. The SMILES string of the molecule is CCCN1CCOC(c2nc(N)c(Br)c(C(C)C)n2)C1. The fourth-order valence-corrected chi connectivity index (χ4v) is 3.04. The Bertz CT molecular complexity index is 465. The van der Waals surface area contributed by atoms with Gasteiger partial charge in [-0.1, -0.05) is 20.8 Å². The van der Waals surface area contributed by atoms with Gasteiger partial charge in [0.05, 0.1) is 16.8 Å². The van der Waals surface area contributed by atoms with E-state index in [9.17, 15) is 0 Å². The average molecular weight is 343 g/mol. The number of nitrogen functional groups attached to an aromatic ring is 1. The Labute approximate surface area is 129 Å². The molecule has 1 aliphatic rings. The molecule has 1 aliphatic heterocycles. The van der Waals surface area contributed by atoms with Gasteiger partial charge in [-0.3, -0.25) is 4.90 Å². The molecule has 1 fully saturated rings. The minimum atomic E-state index is -0.0804. The molecule has 20 heavy (non-hydrogen) atoms. The Morgan fingerprint density at radius 1 is 1.45 bits per heavy atom. The Kier molecular flexibility index (Phi) is 5.35. The first-order chi connectivity index (χ1) is 9.52. The molecule has 1 unspecified atom stereocenters. The Balaban J connectivity index is 2.23. The van der Waals surface area contributed by atoms with Crippen LogP contribution in [0.4, 0.5) is 5.82 Å². The third-order valence-electron chi connectivity index (χ3n) is 3.45. The minimum Gasteiger partial charge on any atom is -0.383 e. The van der Waals surface area contributed by atoms with Gasteiger partial charge in [-0.2, -0.15) is 0 Å². The second kappa shape index (κ2) is 6.83. The highest BCUT2D eigenvalue weighted by Gasteiger charge is 2.25. The zero-order valence-electron chi connectivity index (χ0n) is 12.4. The lowest BCUT2D eigenvalue weighted by molar-refractivity contribution is -0.0342. The van der Waals surface area contributed by atoms with E-state index in [1.54, 1.807) is 0 Å². The van der Waals surface area contributed by atoms with Gasteiger partial charge < -0.3 is 10.5 Å². The van der Waals surface area contributed by atoms with Gasteiger partial charge in [0.2, 0.25) is 0 Å². The van der Waals surface area contributed by atoms with Crippen molar-refractivity contribution in [3.05, 3.63) is 16.0 Å². The van der Waals surface area contributed by atoms with Gasteiger partial charge in [0.15, 0.2) is 5.82 Å². The van der Waals surface area contributed by atoms with Gasteiger partial charge in [-0.25, -0.2) is 9.97 Å². The summed E-state index contributed by atoms with van der Waals surface area (Å²) in [5, 5.41) is 0. The van der Waals surface area contributed by atoms with Crippen LogP contribution in [0.5, 0.6) is 0 Å². The number of morpholine rings is 1. The number of nitrogens with zero attached hydrogens (tertiary/aromatic N) is 3. The van der Waals surface area contributed by atoms with Crippen molar-refractivity contribution in [2.24, 2.45) is 0 Å². The summed E-state index contributed by atoms with van der Waals surface area (Å²) in [7, 11) is 0. The van der Waals surface area contributed by atoms with Crippen LogP contribution in [0.1, 0.15) is 50.7 Å². The number of aromatic nitrogens is 2. The maximum atomic E-state index is 5.99. The fourth-order valence-electron chi connectivity index (χ4n) is 2.41. The van der Waals surface area contributed by atoms with Crippen LogP contribution in [0, 0.1) is 0 Å². The van der Waals surface area contributed by atoms with E-state index in [4.69, 9.17) is 10.5 Å². The normalized spacial score (nSPS) is 20.6. The Morgan fingerprint density at radius 2 is 2.20 bits per heavy atom. The van der Waals surface area contributed by atoms with E-state index in [1.165, 1.54) is 0 Å². The molecule has 0 amide bonds. The van der Waals surface area contributed by atoms with E-state index in [-0.39, 0.29) is 6.10 Å². The van der Waals surface area contributed by atoms with Crippen molar-refractivity contribution in [2.75, 3.05) is 32.0 Å². The molecule has 5 nitrogen and oxygen atoms in total. The van der Waals surface area contributed by atoms with Gasteiger partial charge in [0, 0.05) is 13.1 Å². The zero-order chi connectivity index (χ0) is 14.7. The van der Waals surface area contributed by atoms with Crippen molar-refractivity contribution < 1.29 is 4.74 Å². The van der Waals surface area contributed by atoms with Crippen molar-refractivity contribution in [1.29, 1.82) is 0 Å². The highest BCUT2D eigenvalue weighted by Crippen LogP contribution is 2.29. The first kappa shape index (κ1) is 15.7. The smallest absolute Gasteiger partial charge is 0.161 e. The highest BCUT2D eigenvalue weighted by molar-refractivity contribution is 9.10. The van der Waals surface area contributed by atoms with Crippen molar-refractivity contribution in [3.63, 3.8) is 0 Å². The zero-order valence-corrected chi connectivity index (χ0v) is 14.0. The summed E-state index contributed by atoms with van der Waals surface area (Å²) in [6.45, 7) is 10.0. The third kappa shape index (κ3) is 3.48. The first-order valence-corrected chi connectivity index (χ1v) is 7.99. The van der Waals surface area contributed by atoms with E-state index in [2.05, 4.69) is 51.6 Å². The molecular weight excluding hydrogens is 320 g/mol. The average Bonchev–Trinajstić information content (AvgIpc) is 2.42. The predicted molar refractivity (Wildman–Crippen MR) is 83.7 cm³/mol. The number of hydrogen-bond donors (Lipinski definition) is 1. The second-order valence-electron chi connectivity index (χ2n) is 5.48. The summed E-state index contributed by atoms with van der Waals surface area (Å²) in [4.78, 5) is 11.5. The molecule has 6 heteroatoms. The quantitative estimate of drug-likeness (QED) is 0.911. The molecule has 1 saturated heterocycles. The van der Waals surface area contributed by atoms with E-state index in [1.807, 2.05) is 0 Å². The molecule has 0 spiro atoms. The summed E-state index contributed by atoms with van der Waals surface area (Å²) >= 11 is 3.47. The predicted octanol–water partition coefficient (Wildman–Crippen LogP) is 2.73. The van der Waals surface area contributed by atoms with Gasteiger partial charge >= 0.3 is 0 Å². The molecule has 0 aromatic carbocycles. The number of ether oxygens (including phenoxy) is 1. The Morgan fingerprint density at radius 3 is 2.85 bits per heavy atom. The fraction of sp³-hybridized carbons (Fsp3) is 0.714. The van der Waals surface area contributed by atoms with Crippen LogP contribution in [-0.4, -0.2) is 41.1 Å². The number of halogens is 1. The largest absolute Gasteiger partial charge is 0.383 e. The van der Waals surface area contributed by atoms with E-state index in [0.29, 0.717) is 17.6 Å². The highest BCUT2D eigenvalue weighted by atomic mass is 79.9. The van der Waals surface area contributed by atoms with Gasteiger partial charge in [-0.05, 0) is 34.8 Å². The number of rotatable bonds is 4. The molecule has 0 bridgehead atoms. The molecule has 0 aliphatic carbocycles. The standard InChI is InChI=1S/C14H23BrN4O/c1-4-5-19-6-7-20-10(8-19)14-17-12(9(2)3)11(15)13(16)18-14/h9-10H,4-8H2,1-3H3,(H2,16,17,18). The van der Waals surface area contributed by atoms with E-state index in [0.717, 1.165) is 42.8 Å².